The van der Waals surface area contributed by atoms with E-state index in [9.17, 15) is 18.3 Å². The van der Waals surface area contributed by atoms with Gasteiger partial charge in [-0.2, -0.15) is 0 Å². The van der Waals surface area contributed by atoms with Gasteiger partial charge in [0, 0.05) is 12.0 Å². The molecule has 0 aromatic heterocycles. The molecule has 0 unspecified atom stereocenters. The number of carbonyl (C=O) groups excluding carboxylic acids is 1. The van der Waals surface area contributed by atoms with Crippen LogP contribution in [0.5, 0.6) is 5.75 Å². The second-order valence-corrected chi connectivity index (χ2v) is 10.5. The number of ketones is 1. The lowest BCUT2D eigenvalue weighted by Crippen LogP contribution is -2.25. The third-order valence-corrected chi connectivity index (χ3v) is 8.04. The number of hydrogen-bond donors (Lipinski definition) is 3. The highest BCUT2D eigenvalue weighted by Gasteiger charge is 2.29. The number of rotatable bonds is 10. The van der Waals surface area contributed by atoms with Gasteiger partial charge < -0.3 is 9.84 Å². The number of carbonyl (C=O) groups is 1. The van der Waals surface area contributed by atoms with Gasteiger partial charge in [0.05, 0.1) is 29.2 Å². The Morgan fingerprint density at radius 3 is 2.36 bits per heavy atom. The summed E-state index contributed by atoms with van der Waals surface area (Å²) in [5, 5.41) is 26.3. The van der Waals surface area contributed by atoms with Crippen molar-refractivity contribution in [2.45, 2.75) is 24.2 Å². The van der Waals surface area contributed by atoms with E-state index in [1.165, 1.54) is 18.2 Å². The van der Waals surface area contributed by atoms with Crippen LogP contribution in [0.3, 0.4) is 0 Å². The standard InChI is InChI=1S/C26H24Cl2N2O5S/c1-2-35-21-13-18(25(30)26(32)19(15-31)16-7-4-3-5-8-16)11-12-22(21)36(33,34)23(29)14-17-9-6-10-20(27)24(17)28/h3-13,19,29-31H,2,14-15H2,1H3/t19-/m0/s1. The van der Waals surface area contributed by atoms with E-state index in [1.54, 1.807) is 55.5 Å². The van der Waals surface area contributed by atoms with Gasteiger partial charge in [0.1, 0.15) is 21.4 Å². The molecule has 10 heteroatoms. The van der Waals surface area contributed by atoms with E-state index < -0.39 is 38.9 Å². The average Bonchev–Trinajstić information content (AvgIpc) is 2.87. The number of benzene rings is 3. The minimum absolute atomic E-state index is 0.0882. The Bertz CT molecular complexity index is 1410. The number of nitrogens with one attached hydrogen (secondary N) is 2. The second-order valence-electron chi connectivity index (χ2n) is 7.80. The van der Waals surface area contributed by atoms with Gasteiger partial charge in [-0.15, -0.1) is 0 Å². The van der Waals surface area contributed by atoms with Crippen molar-refractivity contribution >= 4 is 49.6 Å². The van der Waals surface area contributed by atoms with Crippen LogP contribution in [0.1, 0.15) is 29.5 Å². The topological polar surface area (TPSA) is 128 Å². The lowest BCUT2D eigenvalue weighted by molar-refractivity contribution is -0.115. The highest BCUT2D eigenvalue weighted by molar-refractivity contribution is 8.06. The van der Waals surface area contributed by atoms with Crippen LogP contribution in [0.2, 0.25) is 10.0 Å². The number of Topliss-reactive ketones (excluding diaryl/α,β-unsaturated/α-hetero) is 1. The molecule has 0 fully saturated rings. The second kappa shape index (κ2) is 11.8. The normalized spacial score (nSPS) is 12.1. The summed E-state index contributed by atoms with van der Waals surface area (Å²) in [4.78, 5) is 12.7. The van der Waals surface area contributed by atoms with E-state index in [4.69, 9.17) is 38.8 Å². The number of hydrogen-bond acceptors (Lipinski definition) is 7. The van der Waals surface area contributed by atoms with Crippen LogP contribution in [0.25, 0.3) is 0 Å². The molecule has 1 atom stereocenters. The Morgan fingerprint density at radius 1 is 1.03 bits per heavy atom. The molecule has 0 aliphatic heterocycles. The van der Waals surface area contributed by atoms with Crippen molar-refractivity contribution in [1.82, 2.24) is 0 Å². The van der Waals surface area contributed by atoms with Crippen LogP contribution in [0, 0.1) is 10.8 Å². The highest BCUT2D eigenvalue weighted by atomic mass is 35.5. The van der Waals surface area contributed by atoms with E-state index in [0.29, 0.717) is 11.1 Å². The molecule has 0 amide bonds. The van der Waals surface area contributed by atoms with Crippen LogP contribution in [-0.2, 0) is 21.1 Å². The van der Waals surface area contributed by atoms with E-state index in [0.717, 1.165) is 0 Å². The summed E-state index contributed by atoms with van der Waals surface area (Å²) in [6.07, 6.45) is -0.279. The maximum absolute atomic E-state index is 13.2. The van der Waals surface area contributed by atoms with Crippen LogP contribution in [0.15, 0.2) is 71.6 Å². The summed E-state index contributed by atoms with van der Waals surface area (Å²) >= 11 is 12.2. The van der Waals surface area contributed by atoms with Gasteiger partial charge in [-0.1, -0.05) is 71.7 Å². The molecule has 0 saturated carbocycles. The number of aliphatic hydroxyl groups excluding tert-OH is 1. The fourth-order valence-electron chi connectivity index (χ4n) is 3.58. The summed E-state index contributed by atoms with van der Waals surface area (Å²) in [6.45, 7) is 1.29. The fourth-order valence-corrected chi connectivity index (χ4v) is 5.21. The van der Waals surface area contributed by atoms with Gasteiger partial charge in [-0.3, -0.25) is 15.6 Å². The molecular weight excluding hydrogens is 523 g/mol. The van der Waals surface area contributed by atoms with Crippen LogP contribution in [-0.4, -0.2) is 43.3 Å². The molecular formula is C26H24Cl2N2O5S. The molecule has 36 heavy (non-hydrogen) atoms. The van der Waals surface area contributed by atoms with E-state index in [1.807, 2.05) is 0 Å². The third kappa shape index (κ3) is 5.84. The van der Waals surface area contributed by atoms with Crippen LogP contribution < -0.4 is 4.74 Å². The van der Waals surface area contributed by atoms with Crippen LogP contribution in [0.4, 0.5) is 0 Å². The maximum Gasteiger partial charge on any atom is 0.223 e. The van der Waals surface area contributed by atoms with Crippen molar-refractivity contribution in [3.05, 3.63) is 93.5 Å². The van der Waals surface area contributed by atoms with Crippen molar-refractivity contribution in [2.24, 2.45) is 0 Å². The molecule has 0 saturated heterocycles. The number of aliphatic hydroxyl groups is 1. The first-order chi connectivity index (χ1) is 17.1. The molecule has 188 valence electrons. The van der Waals surface area contributed by atoms with E-state index >= 15 is 0 Å². The van der Waals surface area contributed by atoms with Crippen molar-refractivity contribution < 1.29 is 23.1 Å². The predicted octanol–water partition coefficient (Wildman–Crippen LogP) is 5.10. The maximum atomic E-state index is 13.2. The molecule has 0 heterocycles. The highest BCUT2D eigenvalue weighted by Crippen LogP contribution is 2.31. The van der Waals surface area contributed by atoms with E-state index in [-0.39, 0.29) is 39.3 Å². The molecule has 3 N–H and O–H groups in total. The minimum atomic E-state index is -4.29. The first-order valence-corrected chi connectivity index (χ1v) is 13.2. The largest absolute Gasteiger partial charge is 0.492 e. The number of ether oxygens (including phenoxy) is 1. The molecule has 3 aromatic carbocycles. The van der Waals surface area contributed by atoms with Gasteiger partial charge in [0.25, 0.3) is 0 Å². The molecule has 7 nitrogen and oxygen atoms in total. The van der Waals surface area contributed by atoms with Gasteiger partial charge >= 0.3 is 0 Å². The predicted molar refractivity (Wildman–Crippen MR) is 141 cm³/mol. The lowest BCUT2D eigenvalue weighted by atomic mass is 9.90. The fraction of sp³-hybridized carbons (Fsp3) is 0.192. The summed E-state index contributed by atoms with van der Waals surface area (Å²) in [6, 6.07) is 17.2. The van der Waals surface area contributed by atoms with Gasteiger partial charge in [0.15, 0.2) is 5.78 Å². The Balaban J connectivity index is 1.94. The number of sulfone groups is 1. The molecule has 0 radical (unpaired) electrons. The van der Waals surface area contributed by atoms with Crippen LogP contribution >= 0.6 is 23.2 Å². The number of halogens is 2. The Labute approximate surface area is 219 Å². The molecule has 3 aromatic rings. The SMILES string of the molecule is CCOc1cc(C(=N)C(=O)[C@@H](CO)c2ccccc2)ccc1S(=O)(=O)C(=N)Cc1cccc(Cl)c1Cl. The molecule has 3 rings (SSSR count). The van der Waals surface area contributed by atoms with Crippen molar-refractivity contribution in [2.75, 3.05) is 13.2 Å². The minimum Gasteiger partial charge on any atom is -0.492 e. The monoisotopic (exact) mass is 546 g/mol. The van der Waals surface area contributed by atoms with Crippen molar-refractivity contribution in [1.29, 1.82) is 10.8 Å². The quantitative estimate of drug-likeness (QED) is 0.240. The first kappa shape index (κ1) is 27.5. The summed E-state index contributed by atoms with van der Waals surface area (Å²) in [5.74, 6) is -1.65. The average molecular weight is 547 g/mol. The first-order valence-electron chi connectivity index (χ1n) is 10.9. The molecule has 0 spiro atoms. The summed E-state index contributed by atoms with van der Waals surface area (Å²) in [7, 11) is -4.29. The smallest absolute Gasteiger partial charge is 0.223 e. The van der Waals surface area contributed by atoms with Crippen molar-refractivity contribution in [3.8, 4) is 5.75 Å². The Hall–Kier alpha value is -3.04. The summed E-state index contributed by atoms with van der Waals surface area (Å²) < 4.78 is 32.0. The van der Waals surface area contributed by atoms with Crippen molar-refractivity contribution in [3.63, 3.8) is 0 Å². The van der Waals surface area contributed by atoms with E-state index in [2.05, 4.69) is 0 Å². The zero-order chi connectivity index (χ0) is 26.5. The third-order valence-electron chi connectivity index (χ3n) is 5.48. The lowest BCUT2D eigenvalue weighted by Gasteiger charge is -2.16. The molecule has 0 aliphatic carbocycles. The molecule has 0 bridgehead atoms. The zero-order valence-electron chi connectivity index (χ0n) is 19.3. The zero-order valence-corrected chi connectivity index (χ0v) is 21.6. The Morgan fingerprint density at radius 2 is 1.72 bits per heavy atom. The van der Waals surface area contributed by atoms with Gasteiger partial charge in [0.2, 0.25) is 9.84 Å². The van der Waals surface area contributed by atoms with Gasteiger partial charge in [-0.05, 0) is 36.2 Å². The van der Waals surface area contributed by atoms with Gasteiger partial charge in [-0.25, -0.2) is 8.42 Å². The molecule has 0 aliphatic rings. The summed E-state index contributed by atoms with van der Waals surface area (Å²) in [5.41, 5.74) is 0.674. The Kier molecular flexibility index (Phi) is 9.03.